The molecule has 0 saturated heterocycles. The summed E-state index contributed by atoms with van der Waals surface area (Å²) in [5.41, 5.74) is 0. The maximum absolute atomic E-state index is 3.49. The van der Waals surface area contributed by atoms with Crippen LogP contribution in [0, 0.1) is 9.86 Å². The quantitative estimate of drug-likeness (QED) is 0.508. The fraction of sp³-hybridized carbons (Fsp3) is 0.800. The van der Waals surface area contributed by atoms with Crippen LogP contribution in [0.4, 0.5) is 0 Å². The van der Waals surface area contributed by atoms with E-state index in [4.69, 9.17) is 0 Å². The van der Waals surface area contributed by atoms with Gasteiger partial charge >= 0.3 is 87.1 Å². The summed E-state index contributed by atoms with van der Waals surface area (Å²) in [6.45, 7) is 0. The molecule has 0 atom stereocenters. The Morgan fingerprint density at radius 3 is 1.75 bits per heavy atom. The van der Waals surface area contributed by atoms with Crippen molar-refractivity contribution in [1.82, 2.24) is 0 Å². The number of hydrogen-bond donors (Lipinski definition) is 0. The Balaban J connectivity index is 3.75. The first kappa shape index (κ1) is 13.2. The first-order valence-corrected chi connectivity index (χ1v) is 25.3. The molecule has 0 fully saturated rings. The van der Waals surface area contributed by atoms with Gasteiger partial charge in [0.05, 0.1) is 0 Å². The molecule has 0 aromatic heterocycles. The third kappa shape index (κ3) is 11.2. The third-order valence-corrected chi connectivity index (χ3v) is 9.10. The zero-order valence-electron chi connectivity index (χ0n) is 9.41. The zero-order chi connectivity index (χ0) is 9.83. The van der Waals surface area contributed by atoms with Gasteiger partial charge in [0.2, 0.25) is 0 Å². The molecule has 0 aliphatic carbocycles. The van der Waals surface area contributed by atoms with Gasteiger partial charge < -0.3 is 0 Å². The second-order valence-corrected chi connectivity index (χ2v) is 35.2. The van der Waals surface area contributed by atoms with Crippen molar-refractivity contribution in [3.63, 3.8) is 0 Å². The van der Waals surface area contributed by atoms with Gasteiger partial charge in [0, 0.05) is 0 Å². The molecule has 0 rings (SSSR count). The minimum atomic E-state index is -1.75. The van der Waals surface area contributed by atoms with Gasteiger partial charge in [-0.05, 0) is 0 Å². The monoisotopic (exact) mass is 382 g/mol. The van der Waals surface area contributed by atoms with E-state index in [0.717, 1.165) is 0 Å². The SMILES string of the molecule is [CH3][Sn]([CH3])([CH3])[C]#CC[CH2][Sn]([CH3])([CH3])[CH3]. The van der Waals surface area contributed by atoms with Gasteiger partial charge in [-0.25, -0.2) is 0 Å². The van der Waals surface area contributed by atoms with Crippen molar-refractivity contribution in [3.8, 4) is 9.86 Å². The maximum atomic E-state index is 3.49. The Labute approximate surface area is 86.3 Å². The summed E-state index contributed by atoms with van der Waals surface area (Å²) in [4.78, 5) is 14.6. The fourth-order valence-corrected chi connectivity index (χ4v) is 5.13. The van der Waals surface area contributed by atoms with Crippen LogP contribution in [-0.4, -0.2) is 36.8 Å². The van der Waals surface area contributed by atoms with Crippen LogP contribution in [0.15, 0.2) is 0 Å². The van der Waals surface area contributed by atoms with E-state index in [1.807, 2.05) is 0 Å². The summed E-state index contributed by atoms with van der Waals surface area (Å²) >= 11 is -3.23. The van der Waals surface area contributed by atoms with Crippen molar-refractivity contribution in [3.05, 3.63) is 0 Å². The average molecular weight is 380 g/mol. The number of hydrogen-bond acceptors (Lipinski definition) is 0. The molecule has 0 bridgehead atoms. The van der Waals surface area contributed by atoms with Crippen molar-refractivity contribution >= 4 is 36.8 Å². The van der Waals surface area contributed by atoms with Gasteiger partial charge in [-0.3, -0.25) is 0 Å². The Morgan fingerprint density at radius 1 is 0.917 bits per heavy atom. The molecule has 2 heteroatoms. The summed E-state index contributed by atoms with van der Waals surface area (Å²) < 4.78 is 4.92. The molecule has 0 aromatic carbocycles. The molecule has 0 amide bonds. The molecule has 0 unspecified atom stereocenters. The Morgan fingerprint density at radius 2 is 1.42 bits per heavy atom. The molecule has 0 radical (unpaired) electrons. The molecule has 0 aliphatic heterocycles. The standard InChI is InChI=1S/C4H4.6CH3.2Sn/c1-3-4-2;;;;;;;;/h1,3H2;6*1H3;;. The average Bonchev–Trinajstić information content (AvgIpc) is 1.76. The van der Waals surface area contributed by atoms with E-state index in [1.165, 1.54) is 10.9 Å². The molecule has 0 saturated carbocycles. The van der Waals surface area contributed by atoms with E-state index in [1.54, 1.807) is 0 Å². The second-order valence-electron chi connectivity index (χ2n) is 5.61. The van der Waals surface area contributed by atoms with E-state index < -0.39 is 36.8 Å². The number of rotatable bonds is 2. The predicted octanol–water partition coefficient (Wildman–Crippen LogP) is 3.60. The topological polar surface area (TPSA) is 0 Å². The molecular weight excluding hydrogens is 358 g/mol. The summed E-state index contributed by atoms with van der Waals surface area (Å²) in [6, 6.07) is 0. The molecule has 0 aromatic rings. The molecule has 70 valence electrons. The van der Waals surface area contributed by atoms with E-state index in [0.29, 0.717) is 0 Å². The summed E-state index contributed by atoms with van der Waals surface area (Å²) in [5.74, 6) is 3.38. The van der Waals surface area contributed by atoms with Gasteiger partial charge in [-0.1, -0.05) is 0 Å². The van der Waals surface area contributed by atoms with Crippen LogP contribution in [-0.2, 0) is 0 Å². The van der Waals surface area contributed by atoms with Crippen LogP contribution in [0.3, 0.4) is 0 Å². The van der Waals surface area contributed by atoms with Crippen LogP contribution in [0.2, 0.25) is 34.1 Å². The fourth-order valence-electron chi connectivity index (χ4n) is 0.765. The van der Waals surface area contributed by atoms with Gasteiger partial charge in [0.1, 0.15) is 0 Å². The molecule has 0 nitrogen and oxygen atoms in total. The van der Waals surface area contributed by atoms with Crippen LogP contribution in [0.1, 0.15) is 6.42 Å². The molecular formula is C10H22Sn2. The summed E-state index contributed by atoms with van der Waals surface area (Å²) in [6.07, 6.45) is 1.17. The molecule has 12 heavy (non-hydrogen) atoms. The second kappa shape index (κ2) is 5.14. The van der Waals surface area contributed by atoms with Gasteiger partial charge in [-0.2, -0.15) is 0 Å². The van der Waals surface area contributed by atoms with Gasteiger partial charge in [-0.15, -0.1) is 0 Å². The summed E-state index contributed by atoms with van der Waals surface area (Å²) in [5, 5.41) is 0. The molecule has 0 spiro atoms. The van der Waals surface area contributed by atoms with Crippen molar-refractivity contribution in [2.75, 3.05) is 0 Å². The zero-order valence-corrected chi connectivity index (χ0v) is 15.1. The van der Waals surface area contributed by atoms with Crippen LogP contribution < -0.4 is 0 Å². The molecule has 0 aliphatic rings. The van der Waals surface area contributed by atoms with Crippen molar-refractivity contribution < 1.29 is 0 Å². The molecule has 0 heterocycles. The Bertz CT molecular complexity index is 183. The van der Waals surface area contributed by atoms with Crippen LogP contribution in [0.5, 0.6) is 0 Å². The first-order valence-electron chi connectivity index (χ1n) is 4.71. The Kier molecular flexibility index (Phi) is 5.64. The van der Waals surface area contributed by atoms with Gasteiger partial charge in [0.25, 0.3) is 0 Å². The van der Waals surface area contributed by atoms with Crippen LogP contribution in [0.25, 0.3) is 0 Å². The minimum absolute atomic E-state index is 1.17. The van der Waals surface area contributed by atoms with Crippen molar-refractivity contribution in [2.45, 2.75) is 40.5 Å². The first-order chi connectivity index (χ1) is 5.21. The predicted molar refractivity (Wildman–Crippen MR) is 63.9 cm³/mol. The third-order valence-electron chi connectivity index (χ3n) is 1.46. The van der Waals surface area contributed by atoms with E-state index in [2.05, 4.69) is 39.5 Å². The normalized spacial score (nSPS) is 12.2. The summed E-state index contributed by atoms with van der Waals surface area (Å²) in [7, 11) is 0. The van der Waals surface area contributed by atoms with E-state index >= 15 is 0 Å². The van der Waals surface area contributed by atoms with Crippen molar-refractivity contribution in [2.24, 2.45) is 0 Å². The van der Waals surface area contributed by atoms with E-state index in [9.17, 15) is 0 Å². The van der Waals surface area contributed by atoms with Gasteiger partial charge in [0.15, 0.2) is 0 Å². The Hall–Kier alpha value is 1.16. The van der Waals surface area contributed by atoms with Crippen molar-refractivity contribution in [1.29, 1.82) is 0 Å². The van der Waals surface area contributed by atoms with E-state index in [-0.39, 0.29) is 0 Å². The van der Waals surface area contributed by atoms with Crippen LogP contribution >= 0.6 is 0 Å². The molecule has 0 N–H and O–H groups in total.